The quantitative estimate of drug-likeness (QED) is 0.565. The summed E-state index contributed by atoms with van der Waals surface area (Å²) in [5, 5.41) is 0. The van der Waals surface area contributed by atoms with Crippen molar-refractivity contribution in [2.24, 2.45) is 5.84 Å². The summed E-state index contributed by atoms with van der Waals surface area (Å²) in [6.07, 6.45) is 0. The largest absolute Gasteiger partial charge is 0.354 e. The molecule has 2 heterocycles. The number of likely N-dealkylation sites (N-methyl/N-ethyl adjacent to an activating group) is 1. The van der Waals surface area contributed by atoms with Crippen LogP contribution in [-0.2, 0) is 0 Å². The molecule has 17 heavy (non-hydrogen) atoms. The molecule has 0 saturated carbocycles. The summed E-state index contributed by atoms with van der Waals surface area (Å²) in [5.41, 5.74) is 3.43. The molecule has 0 radical (unpaired) electrons. The highest BCUT2D eigenvalue weighted by molar-refractivity contribution is 5.45. The highest BCUT2D eigenvalue weighted by Crippen LogP contribution is 2.18. The Kier molecular flexibility index (Phi) is 3.44. The van der Waals surface area contributed by atoms with E-state index in [1.54, 1.807) is 0 Å². The fraction of sp³-hybridized carbons (Fsp3) is 0.636. The van der Waals surface area contributed by atoms with Gasteiger partial charge in [0.05, 0.1) is 0 Å². The maximum absolute atomic E-state index is 5.36. The van der Waals surface area contributed by atoms with Crippen LogP contribution >= 0.6 is 0 Å². The SMILES string of the molecule is Cc1cc(N2CCN(C)C(C)C2)nc(NN)n1. The summed E-state index contributed by atoms with van der Waals surface area (Å²) >= 11 is 0. The number of hydrazine groups is 1. The third-order valence-electron chi connectivity index (χ3n) is 3.25. The van der Waals surface area contributed by atoms with Gasteiger partial charge in [-0.05, 0) is 20.9 Å². The molecule has 1 saturated heterocycles. The molecule has 0 aromatic carbocycles. The predicted molar refractivity (Wildman–Crippen MR) is 68.9 cm³/mol. The average molecular weight is 236 g/mol. The molecule has 3 N–H and O–H groups in total. The maximum Gasteiger partial charge on any atom is 0.239 e. The Bertz CT molecular complexity index is 394. The molecular formula is C11H20N6. The number of nitrogens with two attached hydrogens (primary N) is 1. The van der Waals surface area contributed by atoms with E-state index in [4.69, 9.17) is 5.84 Å². The van der Waals surface area contributed by atoms with E-state index in [1.165, 1.54) is 0 Å². The molecule has 1 aromatic rings. The number of anilines is 2. The van der Waals surface area contributed by atoms with Crippen molar-refractivity contribution in [1.29, 1.82) is 0 Å². The van der Waals surface area contributed by atoms with Gasteiger partial charge >= 0.3 is 0 Å². The summed E-state index contributed by atoms with van der Waals surface area (Å²) in [5.74, 6) is 6.79. The van der Waals surface area contributed by atoms with Crippen molar-refractivity contribution in [2.45, 2.75) is 19.9 Å². The second-order valence-electron chi connectivity index (χ2n) is 4.61. The van der Waals surface area contributed by atoms with Crippen LogP contribution in [0.15, 0.2) is 6.07 Å². The van der Waals surface area contributed by atoms with Crippen molar-refractivity contribution in [3.05, 3.63) is 11.8 Å². The molecule has 94 valence electrons. The molecule has 1 fully saturated rings. The van der Waals surface area contributed by atoms with Crippen molar-refractivity contribution >= 4 is 11.8 Å². The van der Waals surface area contributed by atoms with Gasteiger partial charge in [0, 0.05) is 37.4 Å². The lowest BCUT2D eigenvalue weighted by atomic mass is 10.2. The first-order valence-corrected chi connectivity index (χ1v) is 5.87. The van der Waals surface area contributed by atoms with Crippen LogP contribution in [0.4, 0.5) is 11.8 Å². The predicted octanol–water partition coefficient (Wildman–Crippen LogP) is 0.211. The Morgan fingerprint density at radius 3 is 2.82 bits per heavy atom. The lowest BCUT2D eigenvalue weighted by Crippen LogP contribution is -2.50. The van der Waals surface area contributed by atoms with Gasteiger partial charge in [0.15, 0.2) is 0 Å². The molecule has 0 bridgehead atoms. The van der Waals surface area contributed by atoms with Crippen LogP contribution in [-0.4, -0.2) is 47.6 Å². The minimum atomic E-state index is 0.478. The highest BCUT2D eigenvalue weighted by Gasteiger charge is 2.22. The Balaban J connectivity index is 2.19. The fourth-order valence-electron chi connectivity index (χ4n) is 2.04. The Hall–Kier alpha value is -1.40. The van der Waals surface area contributed by atoms with Gasteiger partial charge in [0.1, 0.15) is 5.82 Å². The Morgan fingerprint density at radius 1 is 1.41 bits per heavy atom. The number of rotatable bonds is 2. The maximum atomic E-state index is 5.36. The van der Waals surface area contributed by atoms with Crippen LogP contribution < -0.4 is 16.2 Å². The van der Waals surface area contributed by atoms with Gasteiger partial charge in [-0.15, -0.1) is 0 Å². The number of piperazine rings is 1. The first kappa shape index (κ1) is 12.1. The van der Waals surface area contributed by atoms with E-state index in [-0.39, 0.29) is 0 Å². The number of nitrogens with one attached hydrogen (secondary N) is 1. The van der Waals surface area contributed by atoms with E-state index in [1.807, 2.05) is 13.0 Å². The standard InChI is InChI=1S/C11H20N6/c1-8-6-10(14-11(13-8)15-12)17-5-4-16(3)9(2)7-17/h6,9H,4-5,7,12H2,1-3H3,(H,13,14,15). The van der Waals surface area contributed by atoms with Gasteiger partial charge in [-0.25, -0.2) is 10.8 Å². The van der Waals surface area contributed by atoms with Crippen molar-refractivity contribution < 1.29 is 0 Å². The van der Waals surface area contributed by atoms with Gasteiger partial charge in [-0.3, -0.25) is 5.43 Å². The normalized spacial score (nSPS) is 21.6. The van der Waals surface area contributed by atoms with Gasteiger partial charge in [0.2, 0.25) is 5.95 Å². The van der Waals surface area contributed by atoms with E-state index < -0.39 is 0 Å². The lowest BCUT2D eigenvalue weighted by molar-refractivity contribution is 0.233. The number of hydrogen-bond acceptors (Lipinski definition) is 6. The molecule has 6 heteroatoms. The molecule has 0 spiro atoms. The number of hydrogen-bond donors (Lipinski definition) is 2. The summed E-state index contributed by atoms with van der Waals surface area (Å²) < 4.78 is 0. The van der Waals surface area contributed by atoms with Gasteiger partial charge in [-0.2, -0.15) is 4.98 Å². The number of nitrogens with zero attached hydrogens (tertiary/aromatic N) is 4. The Morgan fingerprint density at radius 2 is 2.18 bits per heavy atom. The zero-order valence-corrected chi connectivity index (χ0v) is 10.6. The molecule has 1 unspecified atom stereocenters. The van der Waals surface area contributed by atoms with E-state index in [0.29, 0.717) is 12.0 Å². The summed E-state index contributed by atoms with van der Waals surface area (Å²) in [7, 11) is 2.15. The van der Waals surface area contributed by atoms with Crippen molar-refractivity contribution in [3.8, 4) is 0 Å². The van der Waals surface area contributed by atoms with E-state index in [2.05, 4.69) is 39.2 Å². The molecular weight excluding hydrogens is 216 g/mol. The molecule has 1 atom stereocenters. The van der Waals surface area contributed by atoms with E-state index in [9.17, 15) is 0 Å². The minimum absolute atomic E-state index is 0.478. The second-order valence-corrected chi connectivity index (χ2v) is 4.61. The van der Waals surface area contributed by atoms with Crippen molar-refractivity contribution in [3.63, 3.8) is 0 Å². The van der Waals surface area contributed by atoms with Crippen molar-refractivity contribution in [2.75, 3.05) is 37.0 Å². The molecule has 1 aromatic heterocycles. The molecule has 1 aliphatic heterocycles. The smallest absolute Gasteiger partial charge is 0.239 e. The first-order valence-electron chi connectivity index (χ1n) is 5.87. The van der Waals surface area contributed by atoms with Crippen LogP contribution in [0.2, 0.25) is 0 Å². The first-order chi connectivity index (χ1) is 8.10. The van der Waals surface area contributed by atoms with E-state index >= 15 is 0 Å². The molecule has 0 amide bonds. The van der Waals surface area contributed by atoms with Crippen LogP contribution in [0.5, 0.6) is 0 Å². The van der Waals surface area contributed by atoms with Crippen molar-refractivity contribution in [1.82, 2.24) is 14.9 Å². The minimum Gasteiger partial charge on any atom is -0.354 e. The Labute approximate surface area is 102 Å². The summed E-state index contributed by atoms with van der Waals surface area (Å²) in [6.45, 7) is 7.20. The molecule has 0 aliphatic carbocycles. The average Bonchev–Trinajstić information content (AvgIpc) is 2.32. The summed E-state index contributed by atoms with van der Waals surface area (Å²) in [4.78, 5) is 13.2. The van der Waals surface area contributed by atoms with Gasteiger partial charge in [0.25, 0.3) is 0 Å². The third-order valence-corrected chi connectivity index (χ3v) is 3.25. The van der Waals surface area contributed by atoms with Gasteiger partial charge < -0.3 is 9.80 Å². The summed E-state index contributed by atoms with van der Waals surface area (Å²) in [6, 6.07) is 2.53. The van der Waals surface area contributed by atoms with E-state index in [0.717, 1.165) is 31.1 Å². The van der Waals surface area contributed by atoms with Crippen LogP contribution in [0.3, 0.4) is 0 Å². The van der Waals surface area contributed by atoms with Crippen LogP contribution in [0.1, 0.15) is 12.6 Å². The van der Waals surface area contributed by atoms with Crippen LogP contribution in [0.25, 0.3) is 0 Å². The molecule has 1 aliphatic rings. The topological polar surface area (TPSA) is 70.3 Å². The zero-order chi connectivity index (χ0) is 12.4. The molecule has 6 nitrogen and oxygen atoms in total. The monoisotopic (exact) mass is 236 g/mol. The highest BCUT2D eigenvalue weighted by atomic mass is 15.3. The van der Waals surface area contributed by atoms with Gasteiger partial charge in [-0.1, -0.05) is 0 Å². The zero-order valence-electron chi connectivity index (χ0n) is 10.6. The lowest BCUT2D eigenvalue weighted by Gasteiger charge is -2.38. The third kappa shape index (κ3) is 2.65. The second kappa shape index (κ2) is 4.85. The fourth-order valence-corrected chi connectivity index (χ4v) is 2.04. The molecule has 2 rings (SSSR count). The van der Waals surface area contributed by atoms with Crippen LogP contribution in [0, 0.1) is 6.92 Å². The number of aryl methyl sites for hydroxylation is 1. The number of aromatic nitrogens is 2. The number of nitrogen functional groups attached to an aromatic ring is 1.